The highest BCUT2D eigenvalue weighted by Gasteiger charge is 2.19. The molecular formula is C9H7N5. The molecule has 3 rings (SSSR count). The van der Waals surface area contributed by atoms with Crippen LogP contribution in [-0.2, 0) is 0 Å². The first-order valence-electron chi connectivity index (χ1n) is 4.24. The molecule has 5 nitrogen and oxygen atoms in total. The molecule has 0 radical (unpaired) electrons. The van der Waals surface area contributed by atoms with Crippen LogP contribution in [0.5, 0.6) is 0 Å². The van der Waals surface area contributed by atoms with Crippen LogP contribution in [0.1, 0.15) is 5.56 Å². The largest absolute Gasteiger partial charge is 0.260 e. The summed E-state index contributed by atoms with van der Waals surface area (Å²) in [4.78, 5) is 4.13. The molecule has 2 aliphatic heterocycles. The summed E-state index contributed by atoms with van der Waals surface area (Å²) in [7, 11) is 0. The Morgan fingerprint density at radius 1 is 1.21 bits per heavy atom. The minimum absolute atomic E-state index is 0.700. The Bertz CT molecular complexity index is 460. The van der Waals surface area contributed by atoms with Gasteiger partial charge in [-0.3, -0.25) is 4.99 Å². The molecule has 0 saturated heterocycles. The lowest BCUT2D eigenvalue weighted by molar-refractivity contribution is 0.772. The second-order valence-electron chi connectivity index (χ2n) is 2.96. The normalized spacial score (nSPS) is 16.9. The first-order valence-corrected chi connectivity index (χ1v) is 4.24. The van der Waals surface area contributed by atoms with E-state index < -0.39 is 0 Å². The number of fused-ring (bicyclic) bond motifs is 3. The van der Waals surface area contributed by atoms with E-state index in [2.05, 4.69) is 20.9 Å². The number of hydrogen-bond acceptors (Lipinski definition) is 5. The quantitative estimate of drug-likeness (QED) is 0.667. The van der Waals surface area contributed by atoms with Gasteiger partial charge in [-0.2, -0.15) is 5.53 Å². The molecule has 0 saturated carbocycles. The lowest BCUT2D eigenvalue weighted by Gasteiger charge is -2.16. The molecule has 0 unspecified atom stereocenters. The van der Waals surface area contributed by atoms with E-state index in [0.29, 0.717) is 5.82 Å². The van der Waals surface area contributed by atoms with Crippen molar-refractivity contribution in [1.82, 2.24) is 5.53 Å². The van der Waals surface area contributed by atoms with Gasteiger partial charge < -0.3 is 0 Å². The first-order chi connectivity index (χ1) is 6.95. The Morgan fingerprint density at radius 3 is 3.14 bits per heavy atom. The monoisotopic (exact) mass is 185 g/mol. The average molecular weight is 185 g/mol. The van der Waals surface area contributed by atoms with Crippen LogP contribution >= 0.6 is 0 Å². The van der Waals surface area contributed by atoms with Crippen LogP contribution < -0.4 is 10.5 Å². The summed E-state index contributed by atoms with van der Waals surface area (Å²) in [5, 5.41) is 9.42. The fourth-order valence-corrected chi connectivity index (χ4v) is 1.46. The zero-order valence-electron chi connectivity index (χ0n) is 7.25. The molecule has 0 amide bonds. The highest BCUT2D eigenvalue weighted by molar-refractivity contribution is 5.89. The van der Waals surface area contributed by atoms with Gasteiger partial charge in [0, 0.05) is 11.8 Å². The molecule has 5 heteroatoms. The van der Waals surface area contributed by atoms with Gasteiger partial charge in [-0.15, -0.1) is 5.11 Å². The van der Waals surface area contributed by atoms with Crippen LogP contribution in [0, 0.1) is 0 Å². The van der Waals surface area contributed by atoms with Crippen molar-refractivity contribution in [3.8, 4) is 0 Å². The third kappa shape index (κ3) is 0.922. The van der Waals surface area contributed by atoms with E-state index in [0.717, 1.165) is 11.3 Å². The molecule has 1 aromatic rings. The Labute approximate surface area is 80.4 Å². The summed E-state index contributed by atoms with van der Waals surface area (Å²) < 4.78 is 0. The second kappa shape index (κ2) is 2.66. The fourth-order valence-electron chi connectivity index (χ4n) is 1.46. The molecule has 1 aromatic carbocycles. The van der Waals surface area contributed by atoms with Gasteiger partial charge >= 0.3 is 0 Å². The molecule has 0 fully saturated rings. The maximum atomic E-state index is 4.13. The number of nitrogens with zero attached hydrogens (tertiary/aromatic N) is 4. The number of para-hydroxylation sites is 1. The van der Waals surface area contributed by atoms with E-state index >= 15 is 0 Å². The van der Waals surface area contributed by atoms with Gasteiger partial charge in [0.25, 0.3) is 0 Å². The lowest BCUT2D eigenvalue weighted by atomic mass is 10.2. The number of rotatable bonds is 0. The van der Waals surface area contributed by atoms with Crippen LogP contribution in [0.4, 0.5) is 5.69 Å². The molecule has 0 aromatic heterocycles. The topological polar surface area (TPSA) is 52.4 Å². The Hall–Kier alpha value is -2.17. The van der Waals surface area contributed by atoms with Gasteiger partial charge in [0.05, 0.1) is 11.9 Å². The molecule has 0 bridgehead atoms. The zero-order chi connectivity index (χ0) is 9.38. The molecule has 68 valence electrons. The summed E-state index contributed by atoms with van der Waals surface area (Å²) >= 11 is 0. The number of aliphatic imine (C=N–C) groups is 1. The van der Waals surface area contributed by atoms with Crippen molar-refractivity contribution in [2.24, 2.45) is 15.3 Å². The fraction of sp³-hybridized carbons (Fsp3) is 0. The summed E-state index contributed by atoms with van der Waals surface area (Å²) in [5.41, 5.74) is 4.84. The minimum Gasteiger partial charge on any atom is -0.260 e. The highest BCUT2D eigenvalue weighted by Crippen LogP contribution is 2.26. The van der Waals surface area contributed by atoms with Gasteiger partial charge in [-0.1, -0.05) is 23.4 Å². The third-order valence-electron chi connectivity index (χ3n) is 2.11. The molecule has 1 N–H and O–H groups in total. The van der Waals surface area contributed by atoms with Crippen molar-refractivity contribution in [3.63, 3.8) is 0 Å². The third-order valence-corrected chi connectivity index (χ3v) is 2.11. The van der Waals surface area contributed by atoms with Crippen LogP contribution in [0.2, 0.25) is 0 Å². The minimum atomic E-state index is 0.700. The first kappa shape index (κ1) is 7.25. The molecule has 2 aliphatic rings. The zero-order valence-corrected chi connectivity index (χ0v) is 7.25. The van der Waals surface area contributed by atoms with Crippen molar-refractivity contribution in [2.45, 2.75) is 0 Å². The van der Waals surface area contributed by atoms with Crippen LogP contribution in [0.25, 0.3) is 0 Å². The van der Waals surface area contributed by atoms with Crippen LogP contribution in [0.3, 0.4) is 0 Å². The number of hydrazine groups is 1. The number of benzene rings is 1. The maximum absolute atomic E-state index is 4.13. The van der Waals surface area contributed by atoms with Crippen molar-refractivity contribution >= 4 is 11.9 Å². The molecular weight excluding hydrogens is 178 g/mol. The summed E-state index contributed by atoms with van der Waals surface area (Å²) in [6, 6.07) is 7.93. The predicted molar refractivity (Wildman–Crippen MR) is 52.6 cm³/mol. The lowest BCUT2D eigenvalue weighted by Crippen LogP contribution is -2.28. The Balaban J connectivity index is 2.20. The second-order valence-corrected chi connectivity index (χ2v) is 2.96. The van der Waals surface area contributed by atoms with Crippen molar-refractivity contribution < 1.29 is 0 Å². The predicted octanol–water partition coefficient (Wildman–Crippen LogP) is 1.61. The van der Waals surface area contributed by atoms with E-state index in [9.17, 15) is 0 Å². The standard InChI is InChI=1S/C9H7N5/c1-2-4-8-7(3-1)5-10-6-9-11-12-13-14(8)9/h1-6H,(H,11,13). The summed E-state index contributed by atoms with van der Waals surface area (Å²) in [5.74, 6) is 0.700. The average Bonchev–Trinajstić information content (AvgIpc) is 2.61. The van der Waals surface area contributed by atoms with E-state index in [1.807, 2.05) is 24.3 Å². The molecule has 0 spiro atoms. The Morgan fingerprint density at radius 2 is 2.14 bits per heavy atom. The summed E-state index contributed by atoms with van der Waals surface area (Å²) in [6.45, 7) is 0. The highest BCUT2D eigenvalue weighted by atomic mass is 15.8. The Kier molecular flexibility index (Phi) is 1.38. The van der Waals surface area contributed by atoms with Gasteiger partial charge in [0.15, 0.2) is 5.82 Å². The molecule has 2 heterocycles. The smallest absolute Gasteiger partial charge is 0.195 e. The SMILES string of the molecule is C1=NC=C2N=NNN2c2ccccc21. The molecule has 14 heavy (non-hydrogen) atoms. The molecule has 0 atom stereocenters. The van der Waals surface area contributed by atoms with Crippen molar-refractivity contribution in [1.29, 1.82) is 0 Å². The van der Waals surface area contributed by atoms with E-state index in [-0.39, 0.29) is 0 Å². The number of anilines is 1. The number of nitrogens with one attached hydrogen (secondary N) is 1. The summed E-state index contributed by atoms with van der Waals surface area (Å²) in [6.07, 6.45) is 3.47. The van der Waals surface area contributed by atoms with E-state index in [4.69, 9.17) is 0 Å². The van der Waals surface area contributed by atoms with E-state index in [1.54, 1.807) is 17.4 Å². The van der Waals surface area contributed by atoms with Gasteiger partial charge in [0.1, 0.15) is 0 Å². The number of hydrogen-bond donors (Lipinski definition) is 1. The van der Waals surface area contributed by atoms with Crippen LogP contribution in [0.15, 0.2) is 51.6 Å². The van der Waals surface area contributed by atoms with Crippen LogP contribution in [-0.4, -0.2) is 6.21 Å². The maximum Gasteiger partial charge on any atom is 0.195 e. The van der Waals surface area contributed by atoms with Crippen molar-refractivity contribution in [3.05, 3.63) is 41.8 Å². The van der Waals surface area contributed by atoms with E-state index in [1.165, 1.54) is 0 Å². The van der Waals surface area contributed by atoms with Gasteiger partial charge in [-0.05, 0) is 6.07 Å². The van der Waals surface area contributed by atoms with Crippen molar-refractivity contribution in [2.75, 3.05) is 5.01 Å². The van der Waals surface area contributed by atoms with Gasteiger partial charge in [-0.25, -0.2) is 5.01 Å². The molecule has 0 aliphatic carbocycles. The van der Waals surface area contributed by atoms with Gasteiger partial charge in [0.2, 0.25) is 0 Å².